The van der Waals surface area contributed by atoms with Crippen LogP contribution < -0.4 is 5.73 Å². The maximum Gasteiger partial charge on any atom is 0.269 e. The molecule has 1 aromatic carbocycles. The third-order valence-electron chi connectivity index (χ3n) is 5.33. The zero-order chi connectivity index (χ0) is 21.8. The van der Waals surface area contributed by atoms with Crippen molar-refractivity contribution in [3.63, 3.8) is 0 Å². The van der Waals surface area contributed by atoms with E-state index in [4.69, 9.17) is 10.5 Å². The second-order valence-corrected chi connectivity index (χ2v) is 7.40. The van der Waals surface area contributed by atoms with Crippen LogP contribution in [0.25, 0.3) is 11.0 Å². The monoisotopic (exact) mass is 426 g/mol. The number of alkyl halides is 2. The Morgan fingerprint density at radius 3 is 2.70 bits per heavy atom. The van der Waals surface area contributed by atoms with Crippen molar-refractivity contribution in [2.24, 2.45) is 0 Å². The van der Waals surface area contributed by atoms with Crippen molar-refractivity contribution in [1.82, 2.24) is 14.5 Å². The van der Waals surface area contributed by atoms with Gasteiger partial charge in [-0.25, -0.2) is 27.5 Å². The Labute approximate surface area is 167 Å². The summed E-state index contributed by atoms with van der Waals surface area (Å²) in [7, 11) is 0. The van der Waals surface area contributed by atoms with E-state index < -0.39 is 53.2 Å². The van der Waals surface area contributed by atoms with E-state index in [1.165, 1.54) is 13.3 Å². The predicted molar refractivity (Wildman–Crippen MR) is 97.4 cm³/mol. The molecule has 11 heteroatoms. The maximum atomic E-state index is 14.5. The van der Waals surface area contributed by atoms with Crippen LogP contribution in [-0.4, -0.2) is 36.5 Å². The standard InChI is InChI=1S/C19H18F4N4O3/c1-19(29)6-11(27-5-4-9-17(24)25-7-26-18(9)27)30-15(19)14(28)8-2-3-10(20)12(13(8)21)16(22)23/h2-5,7,11,14-16,28-29H,6H2,1H3,(H2,24,25,26)/t11-,14+,15-,19+/m1/s1. The zero-order valence-electron chi connectivity index (χ0n) is 15.6. The SMILES string of the molecule is C[C@]1(O)C[C@H](n2ccc3c(N)ncnc32)O[C@@H]1[C@@H](O)c1ccc(F)c(C(F)F)c1F. The highest BCUT2D eigenvalue weighted by atomic mass is 19.3. The van der Waals surface area contributed by atoms with Gasteiger partial charge in [0.1, 0.15) is 47.9 Å². The van der Waals surface area contributed by atoms with E-state index >= 15 is 0 Å². The number of rotatable bonds is 4. The highest BCUT2D eigenvalue weighted by Gasteiger charge is 2.49. The number of nitrogen functional groups attached to an aromatic ring is 1. The van der Waals surface area contributed by atoms with Crippen molar-refractivity contribution >= 4 is 16.9 Å². The molecule has 0 unspecified atom stereocenters. The molecule has 0 radical (unpaired) electrons. The Morgan fingerprint density at radius 2 is 2.00 bits per heavy atom. The minimum absolute atomic E-state index is 0.0209. The minimum Gasteiger partial charge on any atom is -0.387 e. The van der Waals surface area contributed by atoms with Crippen molar-refractivity contribution in [3.05, 3.63) is 53.5 Å². The van der Waals surface area contributed by atoms with Gasteiger partial charge in [-0.3, -0.25) is 0 Å². The van der Waals surface area contributed by atoms with Crippen LogP contribution in [-0.2, 0) is 4.74 Å². The molecule has 1 fully saturated rings. The number of aliphatic hydroxyl groups is 2. The lowest BCUT2D eigenvalue weighted by atomic mass is 9.89. The number of hydrogen-bond donors (Lipinski definition) is 3. The molecule has 7 nitrogen and oxygen atoms in total. The lowest BCUT2D eigenvalue weighted by Crippen LogP contribution is -2.39. The van der Waals surface area contributed by atoms with Crippen LogP contribution in [0, 0.1) is 11.6 Å². The summed E-state index contributed by atoms with van der Waals surface area (Å²) in [5.41, 5.74) is 2.54. The van der Waals surface area contributed by atoms with Gasteiger partial charge in [0, 0.05) is 18.2 Å². The van der Waals surface area contributed by atoms with E-state index in [2.05, 4.69) is 9.97 Å². The van der Waals surface area contributed by atoms with E-state index in [1.54, 1.807) is 16.8 Å². The Balaban J connectivity index is 1.69. The van der Waals surface area contributed by atoms with Crippen molar-refractivity contribution in [2.45, 2.75) is 43.8 Å². The highest BCUT2D eigenvalue weighted by Crippen LogP contribution is 2.44. The lowest BCUT2D eigenvalue weighted by Gasteiger charge is -2.28. The molecule has 1 aliphatic heterocycles. The van der Waals surface area contributed by atoms with Gasteiger partial charge in [0.25, 0.3) is 6.43 Å². The van der Waals surface area contributed by atoms with Gasteiger partial charge in [-0.05, 0) is 19.1 Å². The Bertz CT molecular complexity index is 1100. The summed E-state index contributed by atoms with van der Waals surface area (Å²) in [4.78, 5) is 8.03. The Kier molecular flexibility index (Phi) is 4.91. The van der Waals surface area contributed by atoms with Gasteiger partial charge in [0.15, 0.2) is 0 Å². The molecule has 0 aliphatic carbocycles. The van der Waals surface area contributed by atoms with E-state index in [9.17, 15) is 27.8 Å². The van der Waals surface area contributed by atoms with E-state index in [0.29, 0.717) is 17.1 Å². The van der Waals surface area contributed by atoms with E-state index in [1.807, 2.05) is 0 Å². The van der Waals surface area contributed by atoms with Crippen molar-refractivity contribution < 1.29 is 32.5 Å². The van der Waals surface area contributed by atoms with Crippen LogP contribution in [0.3, 0.4) is 0 Å². The summed E-state index contributed by atoms with van der Waals surface area (Å²) in [5, 5.41) is 22.0. The Hall–Kier alpha value is -2.76. The number of nitrogens with zero attached hydrogens (tertiary/aromatic N) is 3. The summed E-state index contributed by atoms with van der Waals surface area (Å²) >= 11 is 0. The van der Waals surface area contributed by atoms with Gasteiger partial charge in [-0.1, -0.05) is 6.07 Å². The molecule has 1 aliphatic rings. The maximum absolute atomic E-state index is 14.5. The second-order valence-electron chi connectivity index (χ2n) is 7.40. The fraction of sp³-hybridized carbons (Fsp3) is 0.368. The number of benzene rings is 1. The average molecular weight is 426 g/mol. The lowest BCUT2D eigenvalue weighted by molar-refractivity contribution is -0.112. The van der Waals surface area contributed by atoms with E-state index in [0.717, 1.165) is 6.07 Å². The molecular weight excluding hydrogens is 408 g/mol. The van der Waals surface area contributed by atoms with Crippen LogP contribution in [0.2, 0.25) is 0 Å². The van der Waals surface area contributed by atoms with Crippen LogP contribution in [0.5, 0.6) is 0 Å². The van der Waals surface area contributed by atoms with Crippen LogP contribution in [0.15, 0.2) is 30.7 Å². The number of hydrogen-bond acceptors (Lipinski definition) is 6. The first-order chi connectivity index (χ1) is 14.1. The summed E-state index contributed by atoms with van der Waals surface area (Å²) < 4.78 is 61.5. The molecule has 1 saturated heterocycles. The summed E-state index contributed by atoms with van der Waals surface area (Å²) in [6.45, 7) is 1.37. The molecule has 0 spiro atoms. The molecular formula is C19H18F4N4O3. The summed E-state index contributed by atoms with van der Waals surface area (Å²) in [5.74, 6) is -2.76. The normalized spacial score (nSPS) is 25.3. The van der Waals surface area contributed by atoms with Gasteiger partial charge in [0.2, 0.25) is 0 Å². The molecule has 30 heavy (non-hydrogen) atoms. The largest absolute Gasteiger partial charge is 0.387 e. The summed E-state index contributed by atoms with van der Waals surface area (Å²) in [6.07, 6.45) is -4.59. The molecule has 2 aromatic heterocycles. The minimum atomic E-state index is -3.41. The molecule has 3 heterocycles. The molecule has 4 atom stereocenters. The fourth-order valence-corrected chi connectivity index (χ4v) is 3.81. The second kappa shape index (κ2) is 7.18. The first-order valence-corrected chi connectivity index (χ1v) is 9.00. The molecule has 4 N–H and O–H groups in total. The number of aliphatic hydroxyl groups excluding tert-OH is 1. The Morgan fingerprint density at radius 1 is 1.27 bits per heavy atom. The number of ether oxygens (including phenoxy) is 1. The van der Waals surface area contributed by atoms with Crippen LogP contribution in [0.4, 0.5) is 23.4 Å². The fourth-order valence-electron chi connectivity index (χ4n) is 3.81. The highest BCUT2D eigenvalue weighted by molar-refractivity contribution is 5.86. The first kappa shape index (κ1) is 20.5. The first-order valence-electron chi connectivity index (χ1n) is 9.00. The molecule has 3 aromatic rings. The quantitative estimate of drug-likeness (QED) is 0.554. The van der Waals surface area contributed by atoms with Crippen molar-refractivity contribution in [2.75, 3.05) is 5.73 Å². The van der Waals surface area contributed by atoms with Gasteiger partial charge in [-0.2, -0.15) is 0 Å². The molecule has 0 bridgehead atoms. The smallest absolute Gasteiger partial charge is 0.269 e. The molecule has 0 amide bonds. The van der Waals surface area contributed by atoms with Gasteiger partial charge < -0.3 is 25.3 Å². The summed E-state index contributed by atoms with van der Waals surface area (Å²) in [6, 6.07) is 3.15. The van der Waals surface area contributed by atoms with Crippen molar-refractivity contribution in [3.8, 4) is 0 Å². The predicted octanol–water partition coefficient (Wildman–Crippen LogP) is 3.00. The molecule has 0 saturated carbocycles. The van der Waals surface area contributed by atoms with E-state index in [-0.39, 0.29) is 12.2 Å². The molecule has 4 rings (SSSR count). The number of nitrogens with two attached hydrogens (primary N) is 1. The topological polar surface area (TPSA) is 106 Å². The van der Waals surface area contributed by atoms with Gasteiger partial charge in [-0.15, -0.1) is 0 Å². The number of anilines is 1. The van der Waals surface area contributed by atoms with Gasteiger partial charge >= 0.3 is 0 Å². The molecule has 160 valence electrons. The number of aromatic nitrogens is 3. The van der Waals surface area contributed by atoms with Crippen molar-refractivity contribution in [1.29, 1.82) is 0 Å². The van der Waals surface area contributed by atoms with Crippen LogP contribution in [0.1, 0.15) is 43.2 Å². The zero-order valence-corrected chi connectivity index (χ0v) is 15.6. The third-order valence-corrected chi connectivity index (χ3v) is 5.33. The third kappa shape index (κ3) is 3.18. The average Bonchev–Trinajstić information content (AvgIpc) is 3.22. The van der Waals surface area contributed by atoms with Gasteiger partial charge in [0.05, 0.1) is 16.6 Å². The number of fused-ring (bicyclic) bond motifs is 1. The van der Waals surface area contributed by atoms with Crippen LogP contribution >= 0.6 is 0 Å². The number of halogens is 4.